The molecule has 142 valence electrons. The van der Waals surface area contributed by atoms with Crippen LogP contribution in [0.1, 0.15) is 50.5 Å². The third-order valence-corrected chi connectivity index (χ3v) is 6.90. The van der Waals surface area contributed by atoms with Gasteiger partial charge in [0.05, 0.1) is 12.0 Å². The lowest BCUT2D eigenvalue weighted by Gasteiger charge is -2.46. The van der Waals surface area contributed by atoms with E-state index < -0.39 is 0 Å². The van der Waals surface area contributed by atoms with Crippen molar-refractivity contribution < 1.29 is 9.53 Å². The van der Waals surface area contributed by atoms with Crippen LogP contribution in [0.5, 0.6) is 0 Å². The molecule has 1 saturated carbocycles. The minimum atomic E-state index is 0.0835. The highest BCUT2D eigenvalue weighted by molar-refractivity contribution is 9.10. The van der Waals surface area contributed by atoms with Gasteiger partial charge in [-0.15, -0.1) is 0 Å². The van der Waals surface area contributed by atoms with Gasteiger partial charge in [-0.1, -0.05) is 28.1 Å². The first kappa shape index (κ1) is 18.5. The highest BCUT2D eigenvalue weighted by Crippen LogP contribution is 2.41. The molecule has 0 aromatic heterocycles. The molecule has 0 radical (unpaired) electrons. The minimum Gasteiger partial charge on any atom is -0.375 e. The van der Waals surface area contributed by atoms with E-state index in [1.54, 1.807) is 0 Å². The van der Waals surface area contributed by atoms with Gasteiger partial charge in [-0.3, -0.25) is 9.69 Å². The Balaban J connectivity index is 1.41. The first-order valence-corrected chi connectivity index (χ1v) is 10.8. The van der Waals surface area contributed by atoms with Crippen molar-refractivity contribution in [3.63, 3.8) is 0 Å². The number of hydrogen-bond acceptors (Lipinski definition) is 3. The van der Waals surface area contributed by atoms with Crippen LogP contribution in [0.3, 0.4) is 0 Å². The molecule has 1 aliphatic carbocycles. The van der Waals surface area contributed by atoms with Gasteiger partial charge in [0.15, 0.2) is 0 Å². The summed E-state index contributed by atoms with van der Waals surface area (Å²) in [4.78, 5) is 15.3. The molecule has 5 heteroatoms. The molecule has 0 bridgehead atoms. The molecule has 4 rings (SSSR count). The maximum absolute atomic E-state index is 12.7. The van der Waals surface area contributed by atoms with Gasteiger partial charge in [-0.2, -0.15) is 0 Å². The van der Waals surface area contributed by atoms with E-state index in [-0.39, 0.29) is 17.6 Å². The fourth-order valence-electron chi connectivity index (χ4n) is 5.02. The first-order chi connectivity index (χ1) is 12.6. The number of halogens is 1. The molecule has 3 aliphatic rings. The van der Waals surface area contributed by atoms with Crippen LogP contribution < -0.4 is 5.32 Å². The van der Waals surface area contributed by atoms with Crippen LogP contribution in [0.25, 0.3) is 0 Å². The molecule has 26 heavy (non-hydrogen) atoms. The van der Waals surface area contributed by atoms with E-state index in [4.69, 9.17) is 4.74 Å². The van der Waals surface area contributed by atoms with Gasteiger partial charge in [0.25, 0.3) is 0 Å². The third-order valence-electron chi connectivity index (χ3n) is 6.38. The summed E-state index contributed by atoms with van der Waals surface area (Å²) in [6.45, 7) is 3.24. The number of nitrogens with zero attached hydrogens (tertiary/aromatic N) is 1. The zero-order valence-electron chi connectivity index (χ0n) is 15.4. The predicted molar refractivity (Wildman–Crippen MR) is 106 cm³/mol. The molecule has 1 N–H and O–H groups in total. The normalized spacial score (nSPS) is 32.2. The molecule has 3 unspecified atom stereocenters. The van der Waals surface area contributed by atoms with Crippen molar-refractivity contribution in [3.05, 3.63) is 34.3 Å². The third kappa shape index (κ3) is 4.15. The van der Waals surface area contributed by atoms with Gasteiger partial charge in [0.2, 0.25) is 5.91 Å². The van der Waals surface area contributed by atoms with E-state index in [1.165, 1.54) is 38.8 Å². The number of amides is 1. The Morgan fingerprint density at radius 3 is 2.65 bits per heavy atom. The summed E-state index contributed by atoms with van der Waals surface area (Å²) in [7, 11) is 0. The van der Waals surface area contributed by atoms with Crippen molar-refractivity contribution in [2.45, 2.75) is 69.1 Å². The highest BCUT2D eigenvalue weighted by atomic mass is 79.9. The number of hydrogen-bond donors (Lipinski definition) is 1. The predicted octanol–water partition coefficient (Wildman–Crippen LogP) is 3.67. The second-order valence-electron chi connectivity index (χ2n) is 8.17. The number of benzene rings is 1. The van der Waals surface area contributed by atoms with E-state index in [0.717, 1.165) is 35.9 Å². The van der Waals surface area contributed by atoms with Crippen LogP contribution in [0, 0.1) is 0 Å². The topological polar surface area (TPSA) is 41.6 Å². The number of nitrogens with one attached hydrogen (secondary N) is 1. The zero-order chi connectivity index (χ0) is 18.0. The van der Waals surface area contributed by atoms with Crippen molar-refractivity contribution in [2.75, 3.05) is 19.7 Å². The molecular weight excluding hydrogens is 392 g/mol. The van der Waals surface area contributed by atoms with Crippen LogP contribution >= 0.6 is 15.9 Å². The van der Waals surface area contributed by atoms with E-state index >= 15 is 0 Å². The maximum atomic E-state index is 12.7. The second kappa shape index (κ2) is 7.99. The fourth-order valence-corrected chi connectivity index (χ4v) is 5.28. The van der Waals surface area contributed by atoms with Gasteiger partial charge in [0, 0.05) is 23.2 Å². The lowest BCUT2D eigenvalue weighted by molar-refractivity contribution is -0.123. The number of rotatable bonds is 4. The van der Waals surface area contributed by atoms with Crippen LogP contribution in [0.2, 0.25) is 0 Å². The average molecular weight is 421 g/mol. The van der Waals surface area contributed by atoms with Crippen molar-refractivity contribution in [2.24, 2.45) is 0 Å². The Bertz CT molecular complexity index is 621. The van der Waals surface area contributed by atoms with Crippen LogP contribution in [0.4, 0.5) is 0 Å². The number of likely N-dealkylation sites (tertiary alicyclic amines) is 1. The summed E-state index contributed by atoms with van der Waals surface area (Å²) in [6.07, 6.45) is 8.60. The first-order valence-electron chi connectivity index (χ1n) is 10.1. The van der Waals surface area contributed by atoms with Crippen molar-refractivity contribution in [1.82, 2.24) is 10.2 Å². The minimum absolute atomic E-state index is 0.0835. The van der Waals surface area contributed by atoms with Crippen LogP contribution in [-0.4, -0.2) is 48.2 Å². The summed E-state index contributed by atoms with van der Waals surface area (Å²) in [5.41, 5.74) is 1.15. The quantitative estimate of drug-likeness (QED) is 0.807. The Hall–Kier alpha value is -0.910. The van der Waals surface area contributed by atoms with Gasteiger partial charge in [0.1, 0.15) is 0 Å². The Labute approximate surface area is 164 Å². The zero-order valence-corrected chi connectivity index (χ0v) is 17.0. The smallest absolute Gasteiger partial charge is 0.224 e. The molecule has 1 aromatic carbocycles. The Morgan fingerprint density at radius 2 is 1.96 bits per heavy atom. The van der Waals surface area contributed by atoms with Crippen molar-refractivity contribution in [3.8, 4) is 0 Å². The standard InChI is InChI=1S/C21H29BrN2O2/c22-17-6-4-16(5-7-17)14-20(25)23-18-8-10-21(9-3-13-26-21)15-19(18)24-11-1-2-12-24/h4-7,18-19H,1-3,8-15H2,(H,23,25). The number of carbonyl (C=O) groups is 1. The van der Waals surface area contributed by atoms with Crippen molar-refractivity contribution in [1.29, 1.82) is 0 Å². The average Bonchev–Trinajstić information content (AvgIpc) is 3.31. The molecule has 2 saturated heterocycles. The van der Waals surface area contributed by atoms with Gasteiger partial charge in [-0.25, -0.2) is 0 Å². The summed E-state index contributed by atoms with van der Waals surface area (Å²) >= 11 is 3.45. The van der Waals surface area contributed by atoms with Crippen molar-refractivity contribution >= 4 is 21.8 Å². The molecule has 2 heterocycles. The summed E-state index contributed by atoms with van der Waals surface area (Å²) in [6, 6.07) is 8.71. The molecule has 1 amide bonds. The van der Waals surface area contributed by atoms with Gasteiger partial charge in [-0.05, 0) is 75.7 Å². The monoisotopic (exact) mass is 420 g/mol. The van der Waals surface area contributed by atoms with E-state index in [0.29, 0.717) is 12.5 Å². The molecular formula is C21H29BrN2O2. The summed E-state index contributed by atoms with van der Waals surface area (Å²) in [5.74, 6) is 0.143. The molecule has 4 nitrogen and oxygen atoms in total. The molecule has 1 spiro atoms. The highest BCUT2D eigenvalue weighted by Gasteiger charge is 2.46. The number of ether oxygens (including phenoxy) is 1. The molecule has 2 aliphatic heterocycles. The fraction of sp³-hybridized carbons (Fsp3) is 0.667. The lowest BCUT2D eigenvalue weighted by Crippen LogP contribution is -2.58. The van der Waals surface area contributed by atoms with Crippen LogP contribution in [-0.2, 0) is 16.0 Å². The maximum Gasteiger partial charge on any atom is 0.224 e. The Kier molecular flexibility index (Phi) is 5.67. The Morgan fingerprint density at radius 1 is 1.19 bits per heavy atom. The van der Waals surface area contributed by atoms with E-state index in [9.17, 15) is 4.79 Å². The van der Waals surface area contributed by atoms with Crippen LogP contribution in [0.15, 0.2) is 28.7 Å². The van der Waals surface area contributed by atoms with Gasteiger partial charge >= 0.3 is 0 Å². The SMILES string of the molecule is O=C(Cc1ccc(Br)cc1)NC1CCC2(CCCO2)CC1N1CCCC1. The summed E-state index contributed by atoms with van der Waals surface area (Å²) in [5, 5.41) is 3.37. The second-order valence-corrected chi connectivity index (χ2v) is 9.08. The van der Waals surface area contributed by atoms with E-state index in [2.05, 4.69) is 26.1 Å². The largest absolute Gasteiger partial charge is 0.375 e. The molecule has 3 atom stereocenters. The van der Waals surface area contributed by atoms with Gasteiger partial charge < -0.3 is 10.1 Å². The van der Waals surface area contributed by atoms with E-state index in [1.807, 2.05) is 24.3 Å². The lowest BCUT2D eigenvalue weighted by atomic mass is 9.76. The molecule has 1 aromatic rings. The molecule has 3 fully saturated rings. The summed E-state index contributed by atoms with van der Waals surface area (Å²) < 4.78 is 7.23. The number of carbonyl (C=O) groups excluding carboxylic acids is 1.